The van der Waals surface area contributed by atoms with Crippen LogP contribution in [0.4, 0.5) is 4.39 Å². The van der Waals surface area contributed by atoms with Gasteiger partial charge in [-0.05, 0) is 22.0 Å². The van der Waals surface area contributed by atoms with E-state index in [4.69, 9.17) is 5.11 Å². The quantitative estimate of drug-likeness (QED) is 0.796. The second-order valence-corrected chi connectivity index (χ2v) is 3.53. The number of aromatic carboxylic acids is 1. The summed E-state index contributed by atoms with van der Waals surface area (Å²) >= 11 is 2.96. The third-order valence-electron chi connectivity index (χ3n) is 1.74. The Bertz CT molecular complexity index is 484. The Kier molecular flexibility index (Phi) is 1.99. The van der Waals surface area contributed by atoms with Crippen LogP contribution in [0.1, 0.15) is 10.4 Å². The normalized spacial score (nSPS) is 10.7. The van der Waals surface area contributed by atoms with Gasteiger partial charge in [0.25, 0.3) is 0 Å². The Hall–Kier alpha value is -1.43. The Balaban J connectivity index is 2.72. The molecule has 4 nitrogen and oxygen atoms in total. The summed E-state index contributed by atoms with van der Waals surface area (Å²) in [5.41, 5.74) is 0.345. The first kappa shape index (κ1) is 9.14. The number of rotatable bonds is 1. The predicted molar refractivity (Wildman–Crippen MR) is 49.8 cm³/mol. The third-order valence-corrected chi connectivity index (χ3v) is 2.27. The summed E-state index contributed by atoms with van der Waals surface area (Å²) in [6.45, 7) is 0. The lowest BCUT2D eigenvalue weighted by Crippen LogP contribution is -1.92. The van der Waals surface area contributed by atoms with Crippen LogP contribution in [0.3, 0.4) is 0 Å². The van der Waals surface area contributed by atoms with Crippen molar-refractivity contribution in [1.29, 1.82) is 0 Å². The Morgan fingerprint density at radius 2 is 2.29 bits per heavy atom. The van der Waals surface area contributed by atoms with E-state index in [-0.39, 0.29) is 15.7 Å². The van der Waals surface area contributed by atoms with E-state index in [1.165, 1.54) is 22.9 Å². The van der Waals surface area contributed by atoms with E-state index in [0.717, 1.165) is 0 Å². The van der Waals surface area contributed by atoms with Gasteiger partial charge in [0, 0.05) is 12.4 Å². The first-order valence-corrected chi connectivity index (χ1v) is 4.44. The predicted octanol–water partition coefficient (Wildman–Crippen LogP) is 1.93. The molecule has 0 bridgehead atoms. The van der Waals surface area contributed by atoms with Crippen molar-refractivity contribution in [2.24, 2.45) is 0 Å². The second kappa shape index (κ2) is 3.06. The van der Waals surface area contributed by atoms with E-state index >= 15 is 0 Å². The maximum Gasteiger partial charge on any atom is 0.337 e. The highest BCUT2D eigenvalue weighted by molar-refractivity contribution is 9.10. The van der Waals surface area contributed by atoms with Crippen molar-refractivity contribution < 1.29 is 14.3 Å². The van der Waals surface area contributed by atoms with E-state index < -0.39 is 11.9 Å². The number of aromatic nitrogens is 2. The average molecular weight is 259 g/mol. The minimum absolute atomic E-state index is 0.0787. The number of hydrogen-bond donors (Lipinski definition) is 1. The molecule has 0 amide bonds. The number of carboxylic acids is 1. The summed E-state index contributed by atoms with van der Waals surface area (Å²) in [7, 11) is 0. The third kappa shape index (κ3) is 1.37. The highest BCUT2D eigenvalue weighted by Gasteiger charge is 2.09. The molecule has 72 valence electrons. The zero-order valence-electron chi connectivity index (χ0n) is 6.74. The van der Waals surface area contributed by atoms with Gasteiger partial charge in [-0.1, -0.05) is 0 Å². The van der Waals surface area contributed by atoms with Crippen molar-refractivity contribution in [2.45, 2.75) is 0 Å². The van der Waals surface area contributed by atoms with Gasteiger partial charge in [0.15, 0.2) is 0 Å². The molecular formula is C8H4BrFN2O2. The summed E-state index contributed by atoms with van der Waals surface area (Å²) < 4.78 is 14.6. The fourth-order valence-corrected chi connectivity index (χ4v) is 1.42. The van der Waals surface area contributed by atoms with Crippen LogP contribution in [-0.2, 0) is 0 Å². The van der Waals surface area contributed by atoms with Crippen molar-refractivity contribution in [3.05, 3.63) is 34.4 Å². The molecule has 2 aromatic heterocycles. The molecule has 0 saturated carbocycles. The van der Waals surface area contributed by atoms with Crippen molar-refractivity contribution in [3.8, 4) is 0 Å². The zero-order chi connectivity index (χ0) is 10.3. The first-order valence-electron chi connectivity index (χ1n) is 3.65. The molecule has 0 unspecified atom stereocenters. The van der Waals surface area contributed by atoms with Crippen LogP contribution in [0.5, 0.6) is 0 Å². The largest absolute Gasteiger partial charge is 0.478 e. The molecule has 1 N–H and O–H groups in total. The van der Waals surface area contributed by atoms with E-state index in [1.54, 1.807) is 0 Å². The van der Waals surface area contributed by atoms with Gasteiger partial charge in [-0.2, -0.15) is 4.39 Å². The highest BCUT2D eigenvalue weighted by atomic mass is 79.9. The first-order chi connectivity index (χ1) is 6.58. The van der Waals surface area contributed by atoms with Crippen LogP contribution >= 0.6 is 15.9 Å². The van der Waals surface area contributed by atoms with Gasteiger partial charge in [0.05, 0.1) is 10.0 Å². The molecule has 6 heteroatoms. The fourth-order valence-electron chi connectivity index (χ4n) is 1.11. The van der Waals surface area contributed by atoms with Crippen LogP contribution in [0.2, 0.25) is 0 Å². The smallest absolute Gasteiger partial charge is 0.337 e. The maximum absolute atomic E-state index is 12.9. The molecule has 0 spiro atoms. The van der Waals surface area contributed by atoms with Gasteiger partial charge in [0.1, 0.15) is 5.65 Å². The number of carbonyl (C=O) groups is 1. The van der Waals surface area contributed by atoms with Crippen LogP contribution < -0.4 is 0 Å². The Morgan fingerprint density at radius 1 is 1.57 bits per heavy atom. The van der Waals surface area contributed by atoms with Crippen LogP contribution in [0.15, 0.2) is 22.9 Å². The van der Waals surface area contributed by atoms with Gasteiger partial charge in [-0.15, -0.1) is 0 Å². The van der Waals surface area contributed by atoms with Gasteiger partial charge >= 0.3 is 5.97 Å². The second-order valence-electron chi connectivity index (χ2n) is 2.68. The number of fused-ring (bicyclic) bond motifs is 1. The average Bonchev–Trinajstić information content (AvgIpc) is 2.48. The number of halogens is 2. The molecule has 0 saturated heterocycles. The van der Waals surface area contributed by atoms with Crippen molar-refractivity contribution in [1.82, 2.24) is 9.38 Å². The molecule has 2 rings (SSSR count). The Morgan fingerprint density at radius 3 is 2.93 bits per heavy atom. The molecule has 0 radical (unpaired) electrons. The summed E-state index contributed by atoms with van der Waals surface area (Å²) in [5, 5.41) is 8.68. The number of hydrogen-bond acceptors (Lipinski definition) is 2. The van der Waals surface area contributed by atoms with Crippen molar-refractivity contribution in [2.75, 3.05) is 0 Å². The lowest BCUT2D eigenvalue weighted by Gasteiger charge is -1.95. The number of carboxylic acid groups (broad SMARTS) is 1. The van der Waals surface area contributed by atoms with Gasteiger partial charge in [0.2, 0.25) is 5.95 Å². The molecule has 2 aromatic rings. The minimum atomic E-state index is -1.06. The highest BCUT2D eigenvalue weighted by Crippen LogP contribution is 2.16. The van der Waals surface area contributed by atoms with Crippen LogP contribution in [0.25, 0.3) is 5.65 Å². The summed E-state index contributed by atoms with van der Waals surface area (Å²) in [4.78, 5) is 14.2. The molecular weight excluding hydrogens is 255 g/mol. The van der Waals surface area contributed by atoms with Gasteiger partial charge in [-0.25, -0.2) is 9.78 Å². The van der Waals surface area contributed by atoms with E-state index in [1.807, 2.05) is 0 Å². The maximum atomic E-state index is 12.9. The molecule has 2 heterocycles. The molecule has 0 aromatic carbocycles. The standard InChI is InChI=1S/C8H4BrFN2O2/c9-5-3-12-2-4(8(13)14)1-6(12)11-7(5)10/h1-3H,(H,13,14). The lowest BCUT2D eigenvalue weighted by atomic mass is 10.3. The van der Waals surface area contributed by atoms with Crippen LogP contribution in [-0.4, -0.2) is 20.5 Å². The molecule has 0 aliphatic rings. The van der Waals surface area contributed by atoms with Crippen molar-refractivity contribution >= 4 is 27.5 Å². The minimum Gasteiger partial charge on any atom is -0.478 e. The SMILES string of the molecule is O=C(O)c1cc2nc(F)c(Br)cn2c1. The summed E-state index contributed by atoms with van der Waals surface area (Å²) in [6.07, 6.45) is 2.79. The fraction of sp³-hybridized carbons (Fsp3) is 0. The monoisotopic (exact) mass is 258 g/mol. The van der Waals surface area contributed by atoms with E-state index in [0.29, 0.717) is 0 Å². The molecule has 0 aliphatic heterocycles. The Labute approximate surface area is 86.1 Å². The van der Waals surface area contributed by atoms with Gasteiger partial charge in [-0.3, -0.25) is 0 Å². The molecule has 14 heavy (non-hydrogen) atoms. The number of nitrogens with zero attached hydrogens (tertiary/aromatic N) is 2. The molecule has 0 aliphatic carbocycles. The summed E-state index contributed by atoms with van der Waals surface area (Å²) in [5.74, 6) is -1.72. The van der Waals surface area contributed by atoms with E-state index in [2.05, 4.69) is 20.9 Å². The summed E-state index contributed by atoms with van der Waals surface area (Å²) in [6, 6.07) is 1.30. The van der Waals surface area contributed by atoms with Crippen LogP contribution in [0, 0.1) is 5.95 Å². The van der Waals surface area contributed by atoms with E-state index in [9.17, 15) is 9.18 Å². The lowest BCUT2D eigenvalue weighted by molar-refractivity contribution is 0.0697. The molecule has 0 fully saturated rings. The zero-order valence-corrected chi connectivity index (χ0v) is 8.32. The van der Waals surface area contributed by atoms with Crippen molar-refractivity contribution in [3.63, 3.8) is 0 Å². The van der Waals surface area contributed by atoms with Gasteiger partial charge < -0.3 is 9.51 Å². The molecule has 0 atom stereocenters. The topological polar surface area (TPSA) is 54.6 Å².